The van der Waals surface area contributed by atoms with E-state index in [9.17, 15) is 14.9 Å². The molecule has 1 amide bonds. The van der Waals surface area contributed by atoms with E-state index in [1.165, 1.54) is 17.8 Å². The molecule has 0 aliphatic heterocycles. The van der Waals surface area contributed by atoms with Gasteiger partial charge in [0.2, 0.25) is 5.91 Å². The van der Waals surface area contributed by atoms with Crippen LogP contribution in [-0.2, 0) is 4.79 Å². The Labute approximate surface area is 160 Å². The van der Waals surface area contributed by atoms with Crippen LogP contribution in [0.5, 0.6) is 0 Å². The van der Waals surface area contributed by atoms with Crippen LogP contribution in [0.1, 0.15) is 12.5 Å². The molecule has 0 spiro atoms. The van der Waals surface area contributed by atoms with E-state index in [0.717, 1.165) is 11.3 Å². The number of carbonyl (C=O) groups excluding carboxylic acids is 1. The number of nitro benzene ring substituents is 1. The van der Waals surface area contributed by atoms with Gasteiger partial charge in [-0.3, -0.25) is 14.9 Å². The molecule has 3 aromatic rings. The maximum absolute atomic E-state index is 12.4. The van der Waals surface area contributed by atoms with Crippen molar-refractivity contribution in [2.45, 2.75) is 24.3 Å². The monoisotopic (exact) mass is 382 g/mol. The van der Waals surface area contributed by atoms with Gasteiger partial charge in [-0.05, 0) is 25.5 Å². The highest BCUT2D eigenvalue weighted by Crippen LogP contribution is 2.26. The van der Waals surface area contributed by atoms with Crippen LogP contribution in [0.25, 0.3) is 11.3 Å². The summed E-state index contributed by atoms with van der Waals surface area (Å²) in [5.74, 6) is -0.254. The number of thioether (sulfide) groups is 1. The number of imidazole rings is 1. The van der Waals surface area contributed by atoms with Gasteiger partial charge in [0.15, 0.2) is 5.16 Å². The minimum atomic E-state index is -0.461. The Morgan fingerprint density at radius 3 is 2.70 bits per heavy atom. The first kappa shape index (κ1) is 18.7. The normalized spacial score (nSPS) is 11.8. The Hall–Kier alpha value is -3.13. The summed E-state index contributed by atoms with van der Waals surface area (Å²) >= 11 is 1.29. The van der Waals surface area contributed by atoms with E-state index in [2.05, 4.69) is 15.3 Å². The van der Waals surface area contributed by atoms with Gasteiger partial charge in [0, 0.05) is 17.3 Å². The molecule has 8 heteroatoms. The standard InChI is InChI=1S/C19H18N4O3S/c1-12-8-9-15(10-17(12)23(25)26)21-18(24)13(2)27-19-20-11-16(22-19)14-6-4-3-5-7-14/h3-11,13H,1-2H3,(H,20,22)(H,21,24)/t13-/m0/s1. The Morgan fingerprint density at radius 2 is 2.00 bits per heavy atom. The molecule has 0 aliphatic rings. The van der Waals surface area contributed by atoms with E-state index in [-0.39, 0.29) is 11.6 Å². The molecule has 3 rings (SSSR count). The smallest absolute Gasteiger partial charge is 0.274 e. The molecule has 1 heterocycles. The fraction of sp³-hybridized carbons (Fsp3) is 0.158. The number of nitro groups is 1. The van der Waals surface area contributed by atoms with Gasteiger partial charge in [-0.2, -0.15) is 0 Å². The van der Waals surface area contributed by atoms with Gasteiger partial charge >= 0.3 is 0 Å². The summed E-state index contributed by atoms with van der Waals surface area (Å²) in [7, 11) is 0. The number of benzene rings is 2. The van der Waals surface area contributed by atoms with Crippen LogP contribution in [0.4, 0.5) is 11.4 Å². The summed E-state index contributed by atoms with van der Waals surface area (Å²) in [5, 5.41) is 13.9. The maximum atomic E-state index is 12.4. The molecule has 138 valence electrons. The van der Waals surface area contributed by atoms with Gasteiger partial charge in [0.25, 0.3) is 5.69 Å². The first-order valence-electron chi connectivity index (χ1n) is 8.27. The number of hydrogen-bond donors (Lipinski definition) is 2. The zero-order valence-electron chi connectivity index (χ0n) is 14.8. The van der Waals surface area contributed by atoms with Crippen molar-refractivity contribution in [1.82, 2.24) is 9.97 Å². The van der Waals surface area contributed by atoms with Crippen molar-refractivity contribution in [2.75, 3.05) is 5.32 Å². The van der Waals surface area contributed by atoms with Gasteiger partial charge in [-0.25, -0.2) is 4.98 Å². The third-order valence-corrected chi connectivity index (χ3v) is 4.97. The lowest BCUT2D eigenvalue weighted by atomic mass is 10.2. The van der Waals surface area contributed by atoms with Gasteiger partial charge in [-0.15, -0.1) is 0 Å². The van der Waals surface area contributed by atoms with E-state index in [0.29, 0.717) is 16.4 Å². The van der Waals surface area contributed by atoms with Crippen molar-refractivity contribution in [3.63, 3.8) is 0 Å². The summed E-state index contributed by atoms with van der Waals surface area (Å²) < 4.78 is 0. The fourth-order valence-corrected chi connectivity index (χ4v) is 3.26. The highest BCUT2D eigenvalue weighted by Gasteiger charge is 2.18. The van der Waals surface area contributed by atoms with Crippen molar-refractivity contribution in [1.29, 1.82) is 0 Å². The van der Waals surface area contributed by atoms with Gasteiger partial charge in [0.1, 0.15) is 0 Å². The van der Waals surface area contributed by atoms with Gasteiger partial charge < -0.3 is 10.3 Å². The average Bonchev–Trinajstić information content (AvgIpc) is 3.12. The lowest BCUT2D eigenvalue weighted by Gasteiger charge is -2.11. The van der Waals surface area contributed by atoms with Crippen LogP contribution in [-0.4, -0.2) is 26.0 Å². The number of carbonyl (C=O) groups is 1. The quantitative estimate of drug-likeness (QED) is 0.373. The number of rotatable bonds is 6. The van der Waals surface area contributed by atoms with Crippen molar-refractivity contribution in [2.24, 2.45) is 0 Å². The molecule has 0 aliphatic carbocycles. The van der Waals surface area contributed by atoms with Crippen molar-refractivity contribution in [3.8, 4) is 11.3 Å². The maximum Gasteiger partial charge on any atom is 0.274 e. The Morgan fingerprint density at radius 1 is 1.26 bits per heavy atom. The van der Waals surface area contributed by atoms with E-state index >= 15 is 0 Å². The predicted octanol–water partition coefficient (Wildman–Crippen LogP) is 4.41. The highest BCUT2D eigenvalue weighted by molar-refractivity contribution is 8.00. The minimum Gasteiger partial charge on any atom is -0.333 e. The van der Waals surface area contributed by atoms with Crippen LogP contribution < -0.4 is 5.32 Å². The van der Waals surface area contributed by atoms with Crippen molar-refractivity contribution in [3.05, 3.63) is 70.4 Å². The number of nitrogens with zero attached hydrogens (tertiary/aromatic N) is 2. The highest BCUT2D eigenvalue weighted by atomic mass is 32.2. The number of amides is 1. The minimum absolute atomic E-state index is 0.0216. The lowest BCUT2D eigenvalue weighted by molar-refractivity contribution is -0.385. The molecular weight excluding hydrogens is 364 g/mol. The first-order chi connectivity index (χ1) is 12.9. The van der Waals surface area contributed by atoms with E-state index in [1.54, 1.807) is 32.2 Å². The molecule has 0 bridgehead atoms. The SMILES string of the molecule is Cc1ccc(NC(=O)[C@H](C)Sc2ncc(-c3ccccc3)[nH]2)cc1[N+](=O)[O-]. The average molecular weight is 382 g/mol. The van der Waals surface area contributed by atoms with E-state index in [1.807, 2.05) is 30.3 Å². The number of nitrogens with one attached hydrogen (secondary N) is 2. The van der Waals surface area contributed by atoms with Crippen LogP contribution in [0.15, 0.2) is 59.9 Å². The second-order valence-corrected chi connectivity index (χ2v) is 7.31. The number of aromatic amines is 1. The van der Waals surface area contributed by atoms with Crippen molar-refractivity contribution < 1.29 is 9.72 Å². The second-order valence-electron chi connectivity index (χ2n) is 5.98. The van der Waals surface area contributed by atoms with Crippen molar-refractivity contribution >= 4 is 29.0 Å². The molecule has 1 atom stereocenters. The van der Waals surface area contributed by atoms with E-state index < -0.39 is 10.2 Å². The number of anilines is 1. The van der Waals surface area contributed by atoms with Crippen LogP contribution in [0.3, 0.4) is 0 Å². The molecule has 0 unspecified atom stereocenters. The molecule has 0 saturated heterocycles. The summed E-state index contributed by atoms with van der Waals surface area (Å²) in [6.45, 7) is 3.41. The lowest BCUT2D eigenvalue weighted by Crippen LogP contribution is -2.22. The third kappa shape index (κ3) is 4.53. The fourth-order valence-electron chi connectivity index (χ4n) is 2.48. The molecule has 2 aromatic carbocycles. The summed E-state index contributed by atoms with van der Waals surface area (Å²) in [6, 6.07) is 14.4. The number of aromatic nitrogens is 2. The molecule has 7 nitrogen and oxygen atoms in total. The van der Waals surface area contributed by atoms with Crippen LogP contribution in [0, 0.1) is 17.0 Å². The predicted molar refractivity (Wildman–Crippen MR) is 106 cm³/mol. The van der Waals surface area contributed by atoms with E-state index in [4.69, 9.17) is 0 Å². The summed E-state index contributed by atoms with van der Waals surface area (Å²) in [6.07, 6.45) is 1.73. The van der Waals surface area contributed by atoms with Gasteiger partial charge in [-0.1, -0.05) is 48.2 Å². The first-order valence-corrected chi connectivity index (χ1v) is 9.15. The van der Waals surface area contributed by atoms with Gasteiger partial charge in [0.05, 0.1) is 22.1 Å². The molecule has 1 aromatic heterocycles. The number of hydrogen-bond acceptors (Lipinski definition) is 5. The largest absolute Gasteiger partial charge is 0.333 e. The summed E-state index contributed by atoms with van der Waals surface area (Å²) in [5.41, 5.74) is 2.81. The summed E-state index contributed by atoms with van der Waals surface area (Å²) in [4.78, 5) is 30.5. The Bertz CT molecular complexity index is 972. The third-order valence-electron chi connectivity index (χ3n) is 3.97. The number of H-pyrrole nitrogens is 1. The molecule has 0 saturated carbocycles. The zero-order chi connectivity index (χ0) is 19.4. The topological polar surface area (TPSA) is 101 Å². The van der Waals surface area contributed by atoms with Crippen LogP contribution in [0.2, 0.25) is 0 Å². The molecule has 2 N–H and O–H groups in total. The Balaban J connectivity index is 1.65. The van der Waals surface area contributed by atoms with Crippen LogP contribution >= 0.6 is 11.8 Å². The molecule has 27 heavy (non-hydrogen) atoms. The Kier molecular flexibility index (Phi) is 5.56. The zero-order valence-corrected chi connectivity index (χ0v) is 15.6. The molecule has 0 radical (unpaired) electrons. The molecular formula is C19H18N4O3S. The molecule has 0 fully saturated rings. The second kappa shape index (κ2) is 8.05. The number of aryl methyl sites for hydroxylation is 1.